The van der Waals surface area contributed by atoms with Crippen molar-refractivity contribution < 1.29 is 13.5 Å². The predicted molar refractivity (Wildman–Crippen MR) is 49.3 cm³/mol. The Bertz CT molecular complexity index is 288. The minimum Gasteiger partial charge on any atom is -0.392 e. The SMILES string of the molecule is O=S1(=O)CC[C@@H](N2CC[C@@H](O)C2)C1. The molecule has 0 radical (unpaired) electrons. The lowest BCUT2D eigenvalue weighted by atomic mass is 10.2. The summed E-state index contributed by atoms with van der Waals surface area (Å²) in [7, 11) is -2.77. The van der Waals surface area contributed by atoms with Crippen LogP contribution >= 0.6 is 0 Å². The molecule has 13 heavy (non-hydrogen) atoms. The number of aliphatic hydroxyl groups is 1. The van der Waals surface area contributed by atoms with Gasteiger partial charge in [0.05, 0.1) is 17.6 Å². The van der Waals surface area contributed by atoms with Crippen LogP contribution in [-0.2, 0) is 9.84 Å². The van der Waals surface area contributed by atoms with Crippen molar-refractivity contribution in [2.45, 2.75) is 25.0 Å². The number of nitrogens with zero attached hydrogens (tertiary/aromatic N) is 1. The van der Waals surface area contributed by atoms with Crippen LogP contribution in [0.3, 0.4) is 0 Å². The summed E-state index contributed by atoms with van der Waals surface area (Å²) in [4.78, 5) is 2.11. The molecule has 0 aliphatic carbocycles. The highest BCUT2D eigenvalue weighted by Gasteiger charge is 2.35. The van der Waals surface area contributed by atoms with Crippen LogP contribution < -0.4 is 0 Å². The number of likely N-dealkylation sites (tertiary alicyclic amines) is 1. The van der Waals surface area contributed by atoms with Gasteiger partial charge < -0.3 is 5.11 Å². The van der Waals surface area contributed by atoms with E-state index < -0.39 is 9.84 Å². The first-order valence-electron chi connectivity index (χ1n) is 4.69. The Kier molecular flexibility index (Phi) is 2.33. The smallest absolute Gasteiger partial charge is 0.151 e. The predicted octanol–water partition coefficient (Wildman–Crippen LogP) is -0.760. The molecule has 0 aromatic carbocycles. The van der Waals surface area contributed by atoms with Gasteiger partial charge in [0.25, 0.3) is 0 Å². The summed E-state index contributed by atoms with van der Waals surface area (Å²) in [5, 5.41) is 9.30. The van der Waals surface area contributed by atoms with E-state index in [2.05, 4.69) is 4.90 Å². The Morgan fingerprint density at radius 1 is 1.31 bits per heavy atom. The Balaban J connectivity index is 1.97. The molecule has 0 aromatic rings. The van der Waals surface area contributed by atoms with Gasteiger partial charge >= 0.3 is 0 Å². The van der Waals surface area contributed by atoms with E-state index in [-0.39, 0.29) is 12.1 Å². The number of hydrogen-bond donors (Lipinski definition) is 1. The molecule has 2 rings (SSSR count). The Hall–Kier alpha value is -0.130. The van der Waals surface area contributed by atoms with E-state index in [9.17, 15) is 13.5 Å². The second-order valence-corrected chi connectivity index (χ2v) is 6.22. The molecule has 4 nitrogen and oxygen atoms in total. The zero-order valence-electron chi connectivity index (χ0n) is 7.52. The lowest BCUT2D eigenvalue weighted by Gasteiger charge is -2.21. The van der Waals surface area contributed by atoms with Gasteiger partial charge in [0.1, 0.15) is 0 Å². The second-order valence-electron chi connectivity index (χ2n) is 3.99. The lowest BCUT2D eigenvalue weighted by Crippen LogP contribution is -2.34. The number of sulfone groups is 1. The van der Waals surface area contributed by atoms with Crippen molar-refractivity contribution in [3.63, 3.8) is 0 Å². The van der Waals surface area contributed by atoms with Crippen LogP contribution in [-0.4, -0.2) is 55.2 Å². The molecule has 0 unspecified atom stereocenters. The standard InChI is InChI=1S/C8H15NO3S/c10-8-1-3-9(5-8)7-2-4-13(11,12)6-7/h7-8,10H,1-6H2/t7-,8-/m1/s1. The zero-order valence-corrected chi connectivity index (χ0v) is 8.33. The first kappa shape index (κ1) is 9.43. The molecule has 0 bridgehead atoms. The maximum atomic E-state index is 11.2. The molecule has 0 spiro atoms. The summed E-state index contributed by atoms with van der Waals surface area (Å²) in [6, 6.07) is 0.169. The molecule has 2 aliphatic rings. The van der Waals surface area contributed by atoms with E-state index in [4.69, 9.17) is 0 Å². The van der Waals surface area contributed by atoms with Gasteiger partial charge in [0.15, 0.2) is 9.84 Å². The summed E-state index contributed by atoms with van der Waals surface area (Å²) >= 11 is 0. The highest BCUT2D eigenvalue weighted by molar-refractivity contribution is 7.91. The Morgan fingerprint density at radius 2 is 2.08 bits per heavy atom. The van der Waals surface area contributed by atoms with Crippen molar-refractivity contribution in [2.75, 3.05) is 24.6 Å². The van der Waals surface area contributed by atoms with Crippen molar-refractivity contribution in [3.05, 3.63) is 0 Å². The minimum atomic E-state index is -2.77. The molecule has 0 amide bonds. The molecule has 1 N–H and O–H groups in total. The third kappa shape index (κ3) is 2.03. The van der Waals surface area contributed by atoms with Gasteiger partial charge in [-0.25, -0.2) is 8.42 Å². The number of rotatable bonds is 1. The molecule has 0 aromatic heterocycles. The van der Waals surface area contributed by atoms with Crippen molar-refractivity contribution in [1.82, 2.24) is 4.90 Å². The highest BCUT2D eigenvalue weighted by Crippen LogP contribution is 2.21. The van der Waals surface area contributed by atoms with Crippen LogP contribution in [0.4, 0.5) is 0 Å². The molecule has 2 heterocycles. The lowest BCUT2D eigenvalue weighted by molar-refractivity contribution is 0.164. The maximum Gasteiger partial charge on any atom is 0.151 e. The molecule has 2 fully saturated rings. The zero-order chi connectivity index (χ0) is 9.47. The monoisotopic (exact) mass is 205 g/mol. The first-order valence-corrected chi connectivity index (χ1v) is 6.51. The molecule has 2 aliphatic heterocycles. The molecular weight excluding hydrogens is 190 g/mol. The maximum absolute atomic E-state index is 11.2. The molecule has 2 atom stereocenters. The first-order chi connectivity index (χ1) is 6.07. The van der Waals surface area contributed by atoms with Gasteiger partial charge in [-0.2, -0.15) is 0 Å². The molecular formula is C8H15NO3S. The van der Waals surface area contributed by atoms with Crippen LogP contribution in [0.25, 0.3) is 0 Å². The fourth-order valence-electron chi connectivity index (χ4n) is 2.16. The van der Waals surface area contributed by atoms with Gasteiger partial charge in [-0.3, -0.25) is 4.90 Å². The third-order valence-corrected chi connectivity index (χ3v) is 4.67. The van der Waals surface area contributed by atoms with Crippen LogP contribution in [0, 0.1) is 0 Å². The van der Waals surface area contributed by atoms with E-state index in [1.807, 2.05) is 0 Å². The summed E-state index contributed by atoms with van der Waals surface area (Å²) in [5.41, 5.74) is 0. The fourth-order valence-corrected chi connectivity index (χ4v) is 3.92. The molecule has 0 saturated carbocycles. The van der Waals surface area contributed by atoms with Gasteiger partial charge in [-0.1, -0.05) is 0 Å². The number of hydrogen-bond acceptors (Lipinski definition) is 4. The summed E-state index contributed by atoms with van der Waals surface area (Å²) in [5.74, 6) is 0.615. The Morgan fingerprint density at radius 3 is 2.54 bits per heavy atom. The van der Waals surface area contributed by atoms with E-state index in [1.165, 1.54) is 0 Å². The van der Waals surface area contributed by atoms with Crippen molar-refractivity contribution in [1.29, 1.82) is 0 Å². The van der Waals surface area contributed by atoms with E-state index in [1.54, 1.807) is 0 Å². The third-order valence-electron chi connectivity index (χ3n) is 2.92. The average Bonchev–Trinajstić information content (AvgIpc) is 2.56. The van der Waals surface area contributed by atoms with Gasteiger partial charge in [-0.15, -0.1) is 0 Å². The van der Waals surface area contributed by atoms with Gasteiger partial charge in [0, 0.05) is 19.1 Å². The van der Waals surface area contributed by atoms with E-state index in [0.29, 0.717) is 18.1 Å². The van der Waals surface area contributed by atoms with E-state index >= 15 is 0 Å². The van der Waals surface area contributed by atoms with E-state index in [0.717, 1.165) is 19.4 Å². The van der Waals surface area contributed by atoms with Crippen LogP contribution in [0.15, 0.2) is 0 Å². The second kappa shape index (κ2) is 3.22. The normalized spacial score (nSPS) is 39.8. The molecule has 2 saturated heterocycles. The average molecular weight is 205 g/mol. The quantitative estimate of drug-likeness (QED) is 0.611. The molecule has 76 valence electrons. The van der Waals surface area contributed by atoms with Crippen LogP contribution in [0.1, 0.15) is 12.8 Å². The van der Waals surface area contributed by atoms with Crippen LogP contribution in [0.2, 0.25) is 0 Å². The number of β-amino-alcohol motifs (C(OH)–C–C–N with tert-alkyl or cyclic N) is 1. The van der Waals surface area contributed by atoms with Crippen molar-refractivity contribution in [3.8, 4) is 0 Å². The largest absolute Gasteiger partial charge is 0.392 e. The van der Waals surface area contributed by atoms with Crippen molar-refractivity contribution in [2.24, 2.45) is 0 Å². The summed E-state index contributed by atoms with van der Waals surface area (Å²) in [6.07, 6.45) is 1.29. The topological polar surface area (TPSA) is 57.6 Å². The summed E-state index contributed by atoms with van der Waals surface area (Å²) < 4.78 is 22.4. The molecule has 5 heteroatoms. The van der Waals surface area contributed by atoms with Gasteiger partial charge in [-0.05, 0) is 12.8 Å². The number of aliphatic hydroxyl groups excluding tert-OH is 1. The highest BCUT2D eigenvalue weighted by atomic mass is 32.2. The van der Waals surface area contributed by atoms with Crippen molar-refractivity contribution >= 4 is 9.84 Å². The summed E-state index contributed by atoms with van der Waals surface area (Å²) in [6.45, 7) is 1.50. The van der Waals surface area contributed by atoms with Gasteiger partial charge in [0.2, 0.25) is 0 Å². The Labute approximate surface area is 78.5 Å². The van der Waals surface area contributed by atoms with Crippen LogP contribution in [0.5, 0.6) is 0 Å². The minimum absolute atomic E-state index is 0.169. The fraction of sp³-hybridized carbons (Fsp3) is 1.00.